The molecule has 0 aromatic heterocycles. The second-order valence-electron chi connectivity index (χ2n) is 18.1. The molecular formula is C48H93NO5. The Morgan fingerprint density at radius 1 is 0.611 bits per heavy atom. The van der Waals surface area contributed by atoms with Crippen LogP contribution in [0.1, 0.15) is 240 Å². The zero-order valence-electron chi connectivity index (χ0n) is 37.0. The van der Waals surface area contributed by atoms with Gasteiger partial charge in [-0.3, -0.25) is 9.59 Å². The van der Waals surface area contributed by atoms with Crippen LogP contribution in [0.5, 0.6) is 0 Å². The molecule has 54 heavy (non-hydrogen) atoms. The first-order chi connectivity index (χ1) is 26.2. The number of carbonyl (C=O) groups is 2. The average molecular weight is 764 g/mol. The van der Waals surface area contributed by atoms with Crippen LogP contribution in [0.25, 0.3) is 0 Å². The Balaban J connectivity index is 2.27. The molecule has 0 saturated heterocycles. The Bertz CT molecular complexity index is 857. The monoisotopic (exact) mass is 764 g/mol. The van der Waals surface area contributed by atoms with Gasteiger partial charge >= 0.3 is 11.9 Å². The van der Waals surface area contributed by atoms with Gasteiger partial charge in [-0.05, 0) is 115 Å². The van der Waals surface area contributed by atoms with Gasteiger partial charge in [0.15, 0.2) is 0 Å². The molecule has 6 heteroatoms. The lowest BCUT2D eigenvalue weighted by Gasteiger charge is -2.25. The number of unbranched alkanes of at least 4 members (excludes halogenated alkanes) is 17. The molecular weight excluding hydrogens is 671 g/mol. The van der Waals surface area contributed by atoms with Crippen LogP contribution < -0.4 is 0 Å². The Kier molecular flexibility index (Phi) is 32.0. The van der Waals surface area contributed by atoms with E-state index in [-0.39, 0.29) is 18.5 Å². The minimum atomic E-state index is -0.424. The molecule has 0 atom stereocenters. The minimum Gasteiger partial charge on any atom is -0.466 e. The highest BCUT2D eigenvalue weighted by molar-refractivity contribution is 5.75. The molecule has 1 saturated carbocycles. The highest BCUT2D eigenvalue weighted by Gasteiger charge is 2.41. The zero-order chi connectivity index (χ0) is 39.6. The summed E-state index contributed by atoms with van der Waals surface area (Å²) in [5.74, 6) is 0.495. The van der Waals surface area contributed by atoms with Crippen molar-refractivity contribution in [2.45, 2.75) is 240 Å². The molecule has 0 spiro atoms. The van der Waals surface area contributed by atoms with E-state index in [4.69, 9.17) is 9.47 Å². The van der Waals surface area contributed by atoms with Crippen LogP contribution in [0, 0.1) is 16.7 Å². The summed E-state index contributed by atoms with van der Waals surface area (Å²) in [4.78, 5) is 28.0. The molecule has 0 radical (unpaired) electrons. The van der Waals surface area contributed by atoms with Gasteiger partial charge in [-0.25, -0.2) is 0 Å². The number of rotatable bonds is 41. The van der Waals surface area contributed by atoms with Gasteiger partial charge in [0.1, 0.15) is 0 Å². The van der Waals surface area contributed by atoms with E-state index < -0.39 is 5.41 Å². The van der Waals surface area contributed by atoms with E-state index in [2.05, 4.69) is 39.5 Å². The lowest BCUT2D eigenvalue weighted by molar-refractivity contribution is -0.156. The fraction of sp³-hybridized carbons (Fsp3) is 0.958. The van der Waals surface area contributed by atoms with Crippen molar-refractivity contribution in [2.24, 2.45) is 16.7 Å². The van der Waals surface area contributed by atoms with E-state index in [0.29, 0.717) is 31.0 Å². The number of ether oxygens (including phenoxy) is 2. The Labute approximate surface area is 336 Å². The summed E-state index contributed by atoms with van der Waals surface area (Å²) in [7, 11) is 0. The van der Waals surface area contributed by atoms with Crippen molar-refractivity contribution in [1.82, 2.24) is 4.90 Å². The molecule has 0 aliphatic heterocycles. The van der Waals surface area contributed by atoms with Crippen LogP contribution in [0.3, 0.4) is 0 Å². The minimum absolute atomic E-state index is 0.00758. The number of hydrogen-bond acceptors (Lipinski definition) is 6. The van der Waals surface area contributed by atoms with Crippen molar-refractivity contribution < 1.29 is 24.2 Å². The number of aliphatic hydroxyl groups excluding tert-OH is 1. The highest BCUT2D eigenvalue weighted by Crippen LogP contribution is 2.53. The van der Waals surface area contributed by atoms with Crippen LogP contribution in [0.15, 0.2) is 0 Å². The Morgan fingerprint density at radius 2 is 1.11 bits per heavy atom. The van der Waals surface area contributed by atoms with E-state index in [0.717, 1.165) is 64.6 Å². The Hall–Kier alpha value is -1.14. The normalized spacial score (nSPS) is 13.9. The van der Waals surface area contributed by atoms with Crippen molar-refractivity contribution in [3.63, 3.8) is 0 Å². The molecule has 1 rings (SSSR count). The molecule has 1 N–H and O–H groups in total. The van der Waals surface area contributed by atoms with Crippen molar-refractivity contribution in [3.8, 4) is 0 Å². The van der Waals surface area contributed by atoms with Gasteiger partial charge in [-0.1, -0.05) is 143 Å². The van der Waals surface area contributed by atoms with Gasteiger partial charge in [0.05, 0.1) is 18.6 Å². The maximum atomic E-state index is 13.2. The quantitative estimate of drug-likeness (QED) is 0.0494. The third-order valence-electron chi connectivity index (χ3n) is 12.3. The summed E-state index contributed by atoms with van der Waals surface area (Å²) in [6, 6.07) is 0. The van der Waals surface area contributed by atoms with Crippen LogP contribution in [-0.2, 0) is 19.1 Å². The lowest BCUT2D eigenvalue weighted by Crippen LogP contribution is -2.29. The Morgan fingerprint density at radius 3 is 1.70 bits per heavy atom. The molecule has 1 aliphatic rings. The van der Waals surface area contributed by atoms with Crippen molar-refractivity contribution >= 4 is 11.9 Å². The lowest BCUT2D eigenvalue weighted by atomic mass is 9.86. The number of nitrogens with zero attached hydrogens (tertiary/aromatic N) is 1. The fourth-order valence-corrected chi connectivity index (χ4v) is 8.17. The fourth-order valence-electron chi connectivity index (χ4n) is 8.17. The van der Waals surface area contributed by atoms with Gasteiger partial charge in [0.2, 0.25) is 0 Å². The van der Waals surface area contributed by atoms with E-state index in [1.807, 2.05) is 0 Å². The van der Waals surface area contributed by atoms with Gasteiger partial charge in [-0.15, -0.1) is 0 Å². The van der Waals surface area contributed by atoms with E-state index in [1.165, 1.54) is 154 Å². The first-order valence-corrected chi connectivity index (χ1v) is 23.9. The third kappa shape index (κ3) is 28.3. The number of hydrogen-bond donors (Lipinski definition) is 1. The summed E-state index contributed by atoms with van der Waals surface area (Å²) in [6.07, 6.45) is 38.1. The van der Waals surface area contributed by atoms with E-state index in [9.17, 15) is 14.7 Å². The van der Waals surface area contributed by atoms with Crippen LogP contribution in [0.2, 0.25) is 0 Å². The summed E-state index contributed by atoms with van der Waals surface area (Å²) in [6.45, 7) is 15.5. The van der Waals surface area contributed by atoms with Gasteiger partial charge in [0, 0.05) is 19.6 Å². The van der Waals surface area contributed by atoms with Crippen molar-refractivity contribution in [3.05, 3.63) is 0 Å². The second kappa shape index (κ2) is 33.9. The van der Waals surface area contributed by atoms with Gasteiger partial charge < -0.3 is 19.5 Å². The number of esters is 2. The maximum Gasteiger partial charge on any atom is 0.311 e. The molecule has 0 unspecified atom stereocenters. The van der Waals surface area contributed by atoms with Crippen molar-refractivity contribution in [2.75, 3.05) is 39.5 Å². The maximum absolute atomic E-state index is 13.2. The topological polar surface area (TPSA) is 76.1 Å². The smallest absolute Gasteiger partial charge is 0.311 e. The molecule has 0 heterocycles. The largest absolute Gasteiger partial charge is 0.466 e. The first kappa shape index (κ1) is 50.9. The van der Waals surface area contributed by atoms with Crippen LogP contribution >= 0.6 is 0 Å². The molecule has 1 fully saturated rings. The van der Waals surface area contributed by atoms with Crippen LogP contribution in [-0.4, -0.2) is 61.4 Å². The molecule has 0 bridgehead atoms. The third-order valence-corrected chi connectivity index (χ3v) is 12.3. The summed E-state index contributed by atoms with van der Waals surface area (Å²) in [5, 5.41) is 9.50. The average Bonchev–Trinajstić information content (AvgIpc) is 3.93. The van der Waals surface area contributed by atoms with Crippen molar-refractivity contribution in [1.29, 1.82) is 0 Å². The number of aliphatic hydroxyl groups is 1. The SMILES string of the molecule is CCCCCCCCCOC(=O)CCCC1(CCCN(CCCO)CCCCCCC(C)(C)C(=O)OCC(CCCCCCC)CCCCCCC)CC1. The van der Waals surface area contributed by atoms with E-state index >= 15 is 0 Å². The molecule has 1 aliphatic carbocycles. The predicted octanol–water partition coefficient (Wildman–Crippen LogP) is 13.6. The first-order valence-electron chi connectivity index (χ1n) is 23.9. The second-order valence-corrected chi connectivity index (χ2v) is 18.1. The highest BCUT2D eigenvalue weighted by atomic mass is 16.5. The summed E-state index contributed by atoms with van der Waals surface area (Å²) >= 11 is 0. The number of carbonyl (C=O) groups excluding carboxylic acids is 2. The summed E-state index contributed by atoms with van der Waals surface area (Å²) < 4.78 is 11.5. The van der Waals surface area contributed by atoms with E-state index in [1.54, 1.807) is 0 Å². The predicted molar refractivity (Wildman–Crippen MR) is 230 cm³/mol. The molecule has 0 amide bonds. The molecule has 0 aromatic carbocycles. The molecule has 0 aromatic rings. The van der Waals surface area contributed by atoms with Crippen LogP contribution in [0.4, 0.5) is 0 Å². The molecule has 6 nitrogen and oxygen atoms in total. The summed E-state index contributed by atoms with van der Waals surface area (Å²) in [5.41, 5.74) is 0.0328. The van der Waals surface area contributed by atoms with Gasteiger partial charge in [0.25, 0.3) is 0 Å². The standard InChI is InChI=1S/C48H93NO5/c1-6-9-12-15-16-21-26-42-53-45(51)32-27-34-48(36-37-48)35-28-39-49(40-29-41-50)38-25-20-19-24-33-47(4,5)46(52)54-43-44(30-22-17-13-10-7-2)31-23-18-14-11-8-3/h44,50H,6-43H2,1-5H3. The zero-order valence-corrected chi connectivity index (χ0v) is 37.0. The van der Waals surface area contributed by atoms with Gasteiger partial charge in [-0.2, -0.15) is 0 Å². The molecule has 320 valence electrons.